The summed E-state index contributed by atoms with van der Waals surface area (Å²) in [6, 6.07) is 0. The second-order valence-corrected chi connectivity index (χ2v) is 4.83. The van der Waals surface area contributed by atoms with Gasteiger partial charge in [-0.2, -0.15) is 0 Å². The lowest BCUT2D eigenvalue weighted by molar-refractivity contribution is -0.560. The topological polar surface area (TPSA) is 3.01 Å². The van der Waals surface area contributed by atoms with Gasteiger partial charge in [0.2, 0.25) is 0 Å². The molecular formula is C11H22N+. The summed E-state index contributed by atoms with van der Waals surface area (Å²) in [7, 11) is 2.11. The molecule has 0 N–H and O–H groups in total. The van der Waals surface area contributed by atoms with E-state index in [9.17, 15) is 0 Å². The lowest BCUT2D eigenvalue weighted by Crippen LogP contribution is -2.36. The molecular weight excluding hydrogens is 146 g/mol. The van der Waals surface area contributed by atoms with Gasteiger partial charge in [0.1, 0.15) is 13.8 Å². The molecule has 0 radical (unpaired) electrons. The largest absolute Gasteiger partial charge is 0.239 e. The summed E-state index contributed by atoms with van der Waals surface area (Å²) in [5, 5.41) is 0. The summed E-state index contributed by atoms with van der Waals surface area (Å²) < 4.78 is 2.18. The zero-order valence-electron chi connectivity index (χ0n) is 9.09. The van der Waals surface area contributed by atoms with E-state index in [1.165, 1.54) is 6.42 Å². The predicted molar refractivity (Wildman–Crippen MR) is 53.8 cm³/mol. The summed E-state index contributed by atoms with van der Waals surface area (Å²) >= 11 is 0. The minimum Gasteiger partial charge on any atom is -0.239 e. The van der Waals surface area contributed by atoms with E-state index in [-0.39, 0.29) is 0 Å². The van der Waals surface area contributed by atoms with Crippen molar-refractivity contribution in [3.8, 4) is 0 Å². The highest BCUT2D eigenvalue weighted by Gasteiger charge is 2.63. The third kappa shape index (κ3) is 1.19. The van der Waals surface area contributed by atoms with Crippen LogP contribution in [0.25, 0.3) is 0 Å². The summed E-state index contributed by atoms with van der Waals surface area (Å²) in [5.41, 5.74) is 0.411. The molecule has 0 bridgehead atoms. The molecule has 0 aromatic heterocycles. The van der Waals surface area contributed by atoms with Gasteiger partial charge < -0.3 is 0 Å². The van der Waals surface area contributed by atoms with Crippen LogP contribution in [-0.2, 0) is 0 Å². The second kappa shape index (κ2) is 2.86. The Morgan fingerprint density at radius 1 is 1.42 bits per heavy atom. The van der Waals surface area contributed by atoms with Gasteiger partial charge >= 0.3 is 0 Å². The van der Waals surface area contributed by atoms with Gasteiger partial charge in [-0.05, 0) is 5.92 Å². The van der Waals surface area contributed by atoms with Crippen molar-refractivity contribution in [2.45, 2.75) is 39.7 Å². The fraction of sp³-hybridized carbons (Fsp3) is 0.909. The molecule has 3 unspecified atom stereocenters. The molecule has 1 nitrogen and oxygen atoms in total. The van der Waals surface area contributed by atoms with Gasteiger partial charge in [0.05, 0.1) is 0 Å². The van der Waals surface area contributed by atoms with Crippen LogP contribution in [0.3, 0.4) is 0 Å². The van der Waals surface area contributed by atoms with Crippen LogP contribution in [-0.4, -0.2) is 23.9 Å². The molecule has 1 aliphatic carbocycles. The lowest BCUT2D eigenvalue weighted by atomic mass is 9.86. The quantitative estimate of drug-likeness (QED) is 0.450. The molecule has 0 saturated heterocycles. The Bertz CT molecular complexity index is 195. The van der Waals surface area contributed by atoms with Crippen molar-refractivity contribution in [3.05, 3.63) is 0 Å². The molecule has 0 aliphatic heterocycles. The second-order valence-electron chi connectivity index (χ2n) is 4.83. The Labute approximate surface area is 76.5 Å². The van der Waals surface area contributed by atoms with E-state index in [4.69, 9.17) is 0 Å². The van der Waals surface area contributed by atoms with Crippen LogP contribution >= 0.6 is 0 Å². The van der Waals surface area contributed by atoms with E-state index in [0.29, 0.717) is 5.54 Å². The molecule has 0 aromatic rings. The van der Waals surface area contributed by atoms with Crippen molar-refractivity contribution in [1.82, 2.24) is 0 Å². The predicted octanol–water partition coefficient (Wildman–Crippen LogP) is 2.40. The average molecular weight is 168 g/mol. The molecule has 3 atom stereocenters. The van der Waals surface area contributed by atoms with Crippen molar-refractivity contribution >= 4 is 6.72 Å². The molecule has 1 aliphatic rings. The molecule has 0 amide bonds. The minimum atomic E-state index is 0.411. The first kappa shape index (κ1) is 9.76. The molecule has 70 valence electrons. The van der Waals surface area contributed by atoms with E-state index >= 15 is 0 Å². The Kier molecular flexibility index (Phi) is 2.33. The fourth-order valence-corrected chi connectivity index (χ4v) is 2.52. The Morgan fingerprint density at radius 3 is 1.92 bits per heavy atom. The molecule has 1 rings (SSSR count). The SMILES string of the molecule is C=[N+](C)C1(C(C)C(C)C)CC1C. The smallest absolute Gasteiger partial charge is 0.167 e. The average Bonchev–Trinajstić information content (AvgIpc) is 2.61. The van der Waals surface area contributed by atoms with Gasteiger partial charge in [0, 0.05) is 18.3 Å². The van der Waals surface area contributed by atoms with Crippen LogP contribution < -0.4 is 0 Å². The highest BCUT2D eigenvalue weighted by molar-refractivity contribution is 5.19. The fourth-order valence-electron chi connectivity index (χ4n) is 2.52. The molecule has 1 heteroatoms. The highest BCUT2D eigenvalue weighted by atomic mass is 15.1. The monoisotopic (exact) mass is 168 g/mol. The van der Waals surface area contributed by atoms with Gasteiger partial charge in [-0.15, -0.1) is 0 Å². The minimum absolute atomic E-state index is 0.411. The highest BCUT2D eigenvalue weighted by Crippen LogP contribution is 2.52. The van der Waals surface area contributed by atoms with E-state index in [0.717, 1.165) is 17.8 Å². The van der Waals surface area contributed by atoms with Gasteiger partial charge in [0.15, 0.2) is 5.54 Å². The number of rotatable bonds is 3. The van der Waals surface area contributed by atoms with Crippen LogP contribution in [0.15, 0.2) is 0 Å². The van der Waals surface area contributed by atoms with Crippen LogP contribution in [0.1, 0.15) is 34.1 Å². The maximum absolute atomic E-state index is 4.06. The molecule has 0 aromatic carbocycles. The molecule has 1 saturated carbocycles. The Morgan fingerprint density at radius 2 is 1.83 bits per heavy atom. The third-order valence-electron chi connectivity index (χ3n) is 3.83. The lowest BCUT2D eigenvalue weighted by Gasteiger charge is -2.23. The maximum atomic E-state index is 4.06. The van der Waals surface area contributed by atoms with Crippen LogP contribution in [0, 0.1) is 17.8 Å². The maximum Gasteiger partial charge on any atom is 0.167 e. The van der Waals surface area contributed by atoms with Gasteiger partial charge in [-0.25, -0.2) is 4.58 Å². The third-order valence-corrected chi connectivity index (χ3v) is 3.83. The summed E-state index contributed by atoms with van der Waals surface area (Å²) in [5.74, 6) is 2.35. The first-order valence-electron chi connectivity index (χ1n) is 4.97. The van der Waals surface area contributed by atoms with Crippen molar-refractivity contribution < 1.29 is 4.58 Å². The van der Waals surface area contributed by atoms with Crippen molar-refractivity contribution in [1.29, 1.82) is 0 Å². The molecule has 0 heterocycles. The van der Waals surface area contributed by atoms with E-state index in [2.05, 4.69) is 46.0 Å². The van der Waals surface area contributed by atoms with Crippen LogP contribution in [0.4, 0.5) is 0 Å². The zero-order valence-corrected chi connectivity index (χ0v) is 9.09. The van der Waals surface area contributed by atoms with Crippen molar-refractivity contribution in [3.63, 3.8) is 0 Å². The zero-order chi connectivity index (χ0) is 9.52. The first-order valence-corrected chi connectivity index (χ1v) is 4.97. The van der Waals surface area contributed by atoms with Crippen LogP contribution in [0.5, 0.6) is 0 Å². The molecule has 1 fully saturated rings. The standard InChI is InChI=1S/C11H22N/c1-8(2)10(4)11(12(5)6)7-9(11)3/h8-10H,5,7H2,1-4,6H3/q+1. The molecule has 12 heavy (non-hydrogen) atoms. The van der Waals surface area contributed by atoms with Crippen LogP contribution in [0.2, 0.25) is 0 Å². The first-order chi connectivity index (χ1) is 5.43. The van der Waals surface area contributed by atoms with Gasteiger partial charge in [-0.3, -0.25) is 0 Å². The van der Waals surface area contributed by atoms with E-state index in [1.54, 1.807) is 0 Å². The van der Waals surface area contributed by atoms with Crippen molar-refractivity contribution in [2.75, 3.05) is 7.05 Å². The summed E-state index contributed by atoms with van der Waals surface area (Å²) in [4.78, 5) is 0. The van der Waals surface area contributed by atoms with Gasteiger partial charge in [-0.1, -0.05) is 27.7 Å². The summed E-state index contributed by atoms with van der Waals surface area (Å²) in [6.45, 7) is 13.4. The molecule has 0 spiro atoms. The summed E-state index contributed by atoms with van der Waals surface area (Å²) in [6.07, 6.45) is 1.33. The van der Waals surface area contributed by atoms with E-state index in [1.807, 2.05) is 0 Å². The number of hydrogen-bond donors (Lipinski definition) is 0. The number of nitrogens with zero attached hydrogens (tertiary/aromatic N) is 1. The van der Waals surface area contributed by atoms with Gasteiger partial charge in [0.25, 0.3) is 0 Å². The number of hydrogen-bond acceptors (Lipinski definition) is 0. The Balaban J connectivity index is 2.77. The van der Waals surface area contributed by atoms with E-state index < -0.39 is 0 Å². The Hall–Kier alpha value is -0.330. The normalized spacial score (nSPS) is 36.7. The van der Waals surface area contributed by atoms with Crippen molar-refractivity contribution in [2.24, 2.45) is 17.8 Å².